The molecule has 1 heterocycles. The highest BCUT2D eigenvalue weighted by molar-refractivity contribution is 5.82. The lowest BCUT2D eigenvalue weighted by Gasteiger charge is -2.27. The van der Waals surface area contributed by atoms with E-state index in [0.717, 1.165) is 4.90 Å². The summed E-state index contributed by atoms with van der Waals surface area (Å²) >= 11 is 0. The zero-order valence-corrected chi connectivity index (χ0v) is 13.1. The Morgan fingerprint density at radius 2 is 1.92 bits per heavy atom. The summed E-state index contributed by atoms with van der Waals surface area (Å²) in [5.74, 6) is -1.82. The van der Waals surface area contributed by atoms with Gasteiger partial charge >= 0.3 is 12.1 Å². The van der Waals surface area contributed by atoms with Gasteiger partial charge in [-0.1, -0.05) is 12.1 Å². The fraction of sp³-hybridized carbons (Fsp3) is 0.500. The maximum absolute atomic E-state index is 13.1. The smallest absolute Gasteiger partial charge is 0.406 e. The van der Waals surface area contributed by atoms with Crippen LogP contribution in [0.3, 0.4) is 0 Å². The van der Waals surface area contributed by atoms with Crippen LogP contribution < -0.4 is 4.74 Å². The first-order chi connectivity index (χ1) is 11.2. The van der Waals surface area contributed by atoms with Crippen LogP contribution >= 0.6 is 0 Å². The predicted molar refractivity (Wildman–Crippen MR) is 78.6 cm³/mol. The van der Waals surface area contributed by atoms with Gasteiger partial charge in [0.05, 0.1) is 13.0 Å². The van der Waals surface area contributed by atoms with Crippen molar-refractivity contribution in [3.05, 3.63) is 29.8 Å². The maximum atomic E-state index is 13.1. The van der Waals surface area contributed by atoms with Gasteiger partial charge in [0.1, 0.15) is 5.75 Å². The monoisotopic (exact) mass is 345 g/mol. The topological polar surface area (TPSA) is 66.8 Å². The van der Waals surface area contributed by atoms with Gasteiger partial charge in [-0.05, 0) is 31.0 Å². The summed E-state index contributed by atoms with van der Waals surface area (Å²) < 4.78 is 44.6. The van der Waals surface area contributed by atoms with E-state index in [1.807, 2.05) is 6.92 Å². The first-order valence-corrected chi connectivity index (χ1v) is 7.49. The second kappa shape index (κ2) is 6.70. The van der Waals surface area contributed by atoms with Crippen LogP contribution in [0.4, 0.5) is 13.2 Å². The van der Waals surface area contributed by atoms with Crippen molar-refractivity contribution >= 4 is 11.9 Å². The quantitative estimate of drug-likeness (QED) is 0.890. The number of ether oxygens (including phenoxy) is 1. The van der Waals surface area contributed by atoms with Gasteiger partial charge in [-0.3, -0.25) is 9.59 Å². The lowest BCUT2D eigenvalue weighted by Crippen LogP contribution is -2.47. The number of hydrogen-bond acceptors (Lipinski definition) is 3. The molecule has 1 unspecified atom stereocenters. The summed E-state index contributed by atoms with van der Waals surface area (Å²) in [5.41, 5.74) is -2.25. The molecule has 0 spiro atoms. The summed E-state index contributed by atoms with van der Waals surface area (Å²) in [6.07, 6.45) is -5.60. The molecule has 1 aliphatic rings. The highest BCUT2D eigenvalue weighted by atomic mass is 19.4. The number of alkyl halides is 3. The number of carbonyl (C=O) groups is 2. The van der Waals surface area contributed by atoms with Gasteiger partial charge < -0.3 is 14.7 Å². The van der Waals surface area contributed by atoms with Gasteiger partial charge in [0.2, 0.25) is 5.91 Å². The van der Waals surface area contributed by atoms with E-state index >= 15 is 0 Å². The zero-order valence-electron chi connectivity index (χ0n) is 13.1. The number of carboxylic acid groups (broad SMARTS) is 1. The molecule has 0 radical (unpaired) electrons. The minimum Gasteiger partial charge on any atom is -0.494 e. The van der Waals surface area contributed by atoms with E-state index in [1.165, 1.54) is 0 Å². The van der Waals surface area contributed by atoms with Gasteiger partial charge in [0, 0.05) is 13.1 Å². The molecule has 1 fully saturated rings. The average molecular weight is 345 g/mol. The molecule has 8 heteroatoms. The minimum absolute atomic E-state index is 0.0834. The first kappa shape index (κ1) is 18.1. The van der Waals surface area contributed by atoms with E-state index in [4.69, 9.17) is 9.84 Å². The summed E-state index contributed by atoms with van der Waals surface area (Å²) in [4.78, 5) is 24.3. The largest absolute Gasteiger partial charge is 0.494 e. The Labute approximate surface area is 137 Å². The van der Waals surface area contributed by atoms with Crippen molar-refractivity contribution in [1.29, 1.82) is 0 Å². The van der Waals surface area contributed by atoms with E-state index in [9.17, 15) is 22.8 Å². The Balaban J connectivity index is 2.05. The van der Waals surface area contributed by atoms with E-state index < -0.39 is 36.4 Å². The van der Waals surface area contributed by atoms with E-state index in [-0.39, 0.29) is 13.0 Å². The molecule has 1 atom stereocenters. The molecule has 0 aliphatic carbocycles. The number of aliphatic carboxylic acids is 1. The molecule has 0 saturated carbocycles. The third kappa shape index (κ3) is 3.47. The van der Waals surface area contributed by atoms with Crippen LogP contribution in [-0.4, -0.2) is 47.8 Å². The fourth-order valence-electron chi connectivity index (χ4n) is 2.71. The molecule has 0 aromatic heterocycles. The normalized spacial score (nSPS) is 20.9. The molecule has 0 bridgehead atoms. The molecule has 1 amide bonds. The first-order valence-electron chi connectivity index (χ1n) is 7.49. The average Bonchev–Trinajstić information content (AvgIpc) is 2.96. The Morgan fingerprint density at radius 1 is 1.29 bits per heavy atom. The lowest BCUT2D eigenvalue weighted by molar-refractivity contribution is -0.227. The molecule has 24 heavy (non-hydrogen) atoms. The van der Waals surface area contributed by atoms with E-state index in [2.05, 4.69) is 0 Å². The van der Waals surface area contributed by atoms with Gasteiger partial charge in [0.15, 0.2) is 5.41 Å². The van der Waals surface area contributed by atoms with Crippen LogP contribution in [-0.2, 0) is 16.0 Å². The molecular formula is C16H18F3NO4. The van der Waals surface area contributed by atoms with Crippen molar-refractivity contribution in [2.75, 3.05) is 19.7 Å². The number of benzene rings is 1. The predicted octanol–water partition coefficient (Wildman–Crippen LogP) is 2.49. The van der Waals surface area contributed by atoms with Gasteiger partial charge in [0.25, 0.3) is 0 Å². The number of amides is 1. The van der Waals surface area contributed by atoms with Crippen molar-refractivity contribution in [2.24, 2.45) is 5.41 Å². The molecular weight excluding hydrogens is 327 g/mol. The second-order valence-electron chi connectivity index (χ2n) is 5.70. The third-order valence-electron chi connectivity index (χ3n) is 4.16. The van der Waals surface area contributed by atoms with Crippen LogP contribution in [0.25, 0.3) is 0 Å². The highest BCUT2D eigenvalue weighted by Gasteiger charge is 2.64. The number of likely N-dealkylation sites (tertiary alicyclic amines) is 1. The van der Waals surface area contributed by atoms with E-state index in [1.54, 1.807) is 24.3 Å². The Kier molecular flexibility index (Phi) is 5.05. The van der Waals surface area contributed by atoms with Crippen molar-refractivity contribution in [1.82, 2.24) is 4.90 Å². The minimum atomic E-state index is -4.90. The van der Waals surface area contributed by atoms with Crippen LogP contribution in [0, 0.1) is 5.41 Å². The number of nitrogens with zero attached hydrogens (tertiary/aromatic N) is 1. The van der Waals surface area contributed by atoms with E-state index in [0.29, 0.717) is 17.9 Å². The number of rotatable bonds is 5. The molecule has 1 saturated heterocycles. The second-order valence-corrected chi connectivity index (χ2v) is 5.70. The summed E-state index contributed by atoms with van der Waals surface area (Å²) in [7, 11) is 0. The molecule has 132 valence electrons. The lowest BCUT2D eigenvalue weighted by atomic mass is 9.86. The Bertz CT molecular complexity index is 615. The number of halogens is 3. The van der Waals surface area contributed by atoms with Crippen LogP contribution in [0.2, 0.25) is 0 Å². The molecule has 1 aromatic carbocycles. The number of carbonyl (C=O) groups excluding carboxylic acids is 1. The molecule has 2 rings (SSSR count). The number of hydrogen-bond donors (Lipinski definition) is 1. The van der Waals surface area contributed by atoms with Crippen LogP contribution in [0.5, 0.6) is 5.75 Å². The number of carboxylic acids is 1. The zero-order chi connectivity index (χ0) is 18.0. The molecule has 5 nitrogen and oxygen atoms in total. The van der Waals surface area contributed by atoms with Crippen LogP contribution in [0.15, 0.2) is 24.3 Å². The molecule has 1 N–H and O–H groups in total. The van der Waals surface area contributed by atoms with Crippen LogP contribution in [0.1, 0.15) is 18.9 Å². The van der Waals surface area contributed by atoms with Crippen molar-refractivity contribution in [3.63, 3.8) is 0 Å². The fourth-order valence-corrected chi connectivity index (χ4v) is 2.71. The SMILES string of the molecule is CCOc1ccc(CC(=O)N2CCC(C(=O)O)(C(F)(F)F)C2)cc1. The molecule has 1 aromatic rings. The standard InChI is InChI=1S/C16H18F3NO4/c1-2-24-12-5-3-11(4-6-12)9-13(21)20-8-7-15(10-20,14(22)23)16(17,18)19/h3-6H,2,7-10H2,1H3,(H,22,23). The summed E-state index contributed by atoms with van der Waals surface area (Å²) in [6.45, 7) is 1.27. The summed E-state index contributed by atoms with van der Waals surface area (Å²) in [6, 6.07) is 6.67. The van der Waals surface area contributed by atoms with Crippen molar-refractivity contribution in [3.8, 4) is 5.75 Å². The van der Waals surface area contributed by atoms with Gasteiger partial charge in [-0.25, -0.2) is 0 Å². The Morgan fingerprint density at radius 3 is 2.38 bits per heavy atom. The van der Waals surface area contributed by atoms with Gasteiger partial charge in [-0.15, -0.1) is 0 Å². The Hall–Kier alpha value is -2.25. The van der Waals surface area contributed by atoms with Crippen molar-refractivity contribution in [2.45, 2.75) is 25.9 Å². The third-order valence-corrected chi connectivity index (χ3v) is 4.16. The highest BCUT2D eigenvalue weighted by Crippen LogP contribution is 2.45. The van der Waals surface area contributed by atoms with Crippen molar-refractivity contribution < 1.29 is 32.6 Å². The molecule has 1 aliphatic heterocycles. The summed E-state index contributed by atoms with van der Waals surface area (Å²) in [5, 5.41) is 9.00. The maximum Gasteiger partial charge on any atom is 0.406 e. The van der Waals surface area contributed by atoms with Gasteiger partial charge in [-0.2, -0.15) is 13.2 Å².